The molecule has 1 amide bonds. The smallest absolute Gasteiger partial charge is 0.238 e. The van der Waals surface area contributed by atoms with Gasteiger partial charge in [0.2, 0.25) is 5.91 Å². The maximum atomic E-state index is 14.7. The number of ether oxygens (including phenoxy) is 1. The second-order valence-electron chi connectivity index (χ2n) is 10.3. The van der Waals surface area contributed by atoms with Gasteiger partial charge in [0.1, 0.15) is 17.2 Å². The third-order valence-corrected chi connectivity index (χ3v) is 8.39. The number of hydrogen-bond donors (Lipinski definition) is 1. The molecule has 0 saturated carbocycles. The minimum Gasteiger partial charge on any atom is -0.497 e. The predicted octanol–water partition coefficient (Wildman–Crippen LogP) is 4.95. The fourth-order valence-corrected chi connectivity index (χ4v) is 6.75. The Bertz CT molecular complexity index is 1720. The molecule has 196 valence electrons. The Morgan fingerprint density at radius 3 is 2.55 bits per heavy atom. The van der Waals surface area contributed by atoms with Crippen molar-refractivity contribution in [1.29, 1.82) is 0 Å². The van der Waals surface area contributed by atoms with Crippen molar-refractivity contribution in [3.63, 3.8) is 0 Å². The van der Waals surface area contributed by atoms with Crippen LogP contribution in [-0.2, 0) is 10.2 Å². The molecule has 1 spiro atoms. The molecule has 1 N–H and O–H groups in total. The molecule has 0 unspecified atom stereocenters. The molecule has 4 heterocycles. The SMILES string of the molecule is COc1cccc(C(=O)[C@@H]2[C@@H](C(=O)c3cccnc3)[C@]3(C(=O)Nc4ccccc43)[C@H]3C=Cc4ccccc4N23)c1. The maximum absolute atomic E-state index is 14.7. The minimum atomic E-state index is -1.35. The van der Waals surface area contributed by atoms with Crippen LogP contribution in [0, 0.1) is 5.92 Å². The standard InChI is InChI=1S/C33H25N3O4/c1-40-23-11-6-9-21(18-23)31(38)29-28(30(37)22-10-7-17-34-19-22)33(24-12-3-4-13-25(24)35-32(33)39)27-16-15-20-8-2-5-14-26(20)36(27)29/h2-19,27-29H,1H3,(H,35,39)/t27-,28+,29+,33-/m1/s1. The van der Waals surface area contributed by atoms with Crippen LogP contribution in [0.25, 0.3) is 6.08 Å². The van der Waals surface area contributed by atoms with Crippen molar-refractivity contribution in [2.75, 3.05) is 17.3 Å². The zero-order chi connectivity index (χ0) is 27.4. The molecular weight excluding hydrogens is 502 g/mol. The summed E-state index contributed by atoms with van der Waals surface area (Å²) in [4.78, 5) is 49.8. The van der Waals surface area contributed by atoms with E-state index in [2.05, 4.69) is 10.3 Å². The molecule has 7 nitrogen and oxygen atoms in total. The Kier molecular flexibility index (Phi) is 5.42. The van der Waals surface area contributed by atoms with Crippen molar-refractivity contribution in [1.82, 2.24) is 4.98 Å². The molecule has 4 atom stereocenters. The summed E-state index contributed by atoms with van der Waals surface area (Å²) in [6.45, 7) is 0. The van der Waals surface area contributed by atoms with Crippen LogP contribution in [0.15, 0.2) is 103 Å². The summed E-state index contributed by atoms with van der Waals surface area (Å²) in [5.74, 6) is -1.37. The lowest BCUT2D eigenvalue weighted by Crippen LogP contribution is -2.51. The van der Waals surface area contributed by atoms with E-state index in [0.29, 0.717) is 28.1 Å². The number of benzene rings is 3. The van der Waals surface area contributed by atoms with Crippen LogP contribution in [0.1, 0.15) is 31.8 Å². The van der Waals surface area contributed by atoms with Crippen molar-refractivity contribution in [2.24, 2.45) is 5.92 Å². The fraction of sp³-hybridized carbons (Fsp3) is 0.152. The number of pyridine rings is 1. The van der Waals surface area contributed by atoms with Gasteiger partial charge in [-0.3, -0.25) is 19.4 Å². The van der Waals surface area contributed by atoms with Gasteiger partial charge in [-0.05, 0) is 47.5 Å². The molecule has 0 aliphatic carbocycles. The fourth-order valence-electron chi connectivity index (χ4n) is 6.75. The molecule has 3 aliphatic rings. The molecule has 3 aromatic carbocycles. The van der Waals surface area contributed by atoms with Gasteiger partial charge in [-0.2, -0.15) is 0 Å². The summed E-state index contributed by atoms with van der Waals surface area (Å²) in [6.07, 6.45) is 7.05. The van der Waals surface area contributed by atoms with Crippen LogP contribution < -0.4 is 15.0 Å². The van der Waals surface area contributed by atoms with E-state index in [1.807, 2.05) is 65.6 Å². The molecule has 40 heavy (non-hydrogen) atoms. The third-order valence-electron chi connectivity index (χ3n) is 8.39. The number of fused-ring (bicyclic) bond motifs is 6. The molecule has 0 bridgehead atoms. The Labute approximate surface area is 231 Å². The quantitative estimate of drug-likeness (QED) is 0.370. The summed E-state index contributed by atoms with van der Waals surface area (Å²) < 4.78 is 5.41. The first-order valence-corrected chi connectivity index (χ1v) is 13.1. The highest BCUT2D eigenvalue weighted by Crippen LogP contribution is 2.58. The number of carbonyl (C=O) groups excluding carboxylic acids is 3. The Balaban J connectivity index is 1.53. The van der Waals surface area contributed by atoms with Crippen molar-refractivity contribution >= 4 is 34.9 Å². The van der Waals surface area contributed by atoms with Gasteiger partial charge >= 0.3 is 0 Å². The van der Waals surface area contributed by atoms with Crippen LogP contribution >= 0.6 is 0 Å². The normalized spacial score (nSPS) is 23.8. The third kappa shape index (κ3) is 3.24. The van der Waals surface area contributed by atoms with E-state index in [-0.39, 0.29) is 17.5 Å². The number of Topliss-reactive ketones (excluding diaryl/α,β-unsaturated/α-hetero) is 2. The second kappa shape index (κ2) is 9.02. The van der Waals surface area contributed by atoms with E-state index in [9.17, 15) is 14.4 Å². The number of anilines is 2. The molecule has 1 fully saturated rings. The van der Waals surface area contributed by atoms with E-state index in [0.717, 1.165) is 11.3 Å². The average molecular weight is 528 g/mol. The number of rotatable bonds is 5. The molecular formula is C33H25N3O4. The highest BCUT2D eigenvalue weighted by molar-refractivity contribution is 6.18. The van der Waals surface area contributed by atoms with Gasteiger partial charge in [0, 0.05) is 34.9 Å². The van der Waals surface area contributed by atoms with E-state index in [1.54, 1.807) is 49.7 Å². The Morgan fingerprint density at radius 2 is 1.73 bits per heavy atom. The van der Waals surface area contributed by atoms with Crippen molar-refractivity contribution in [3.05, 3.63) is 126 Å². The lowest BCUT2D eigenvalue weighted by Gasteiger charge is -2.37. The van der Waals surface area contributed by atoms with Crippen molar-refractivity contribution in [2.45, 2.75) is 17.5 Å². The van der Waals surface area contributed by atoms with Gasteiger partial charge in [0.05, 0.1) is 19.1 Å². The monoisotopic (exact) mass is 527 g/mol. The van der Waals surface area contributed by atoms with Gasteiger partial charge in [0.25, 0.3) is 0 Å². The van der Waals surface area contributed by atoms with E-state index in [1.165, 1.54) is 6.20 Å². The summed E-state index contributed by atoms with van der Waals surface area (Å²) in [5, 5.41) is 3.04. The summed E-state index contributed by atoms with van der Waals surface area (Å²) >= 11 is 0. The van der Waals surface area contributed by atoms with Crippen LogP contribution in [0.2, 0.25) is 0 Å². The van der Waals surface area contributed by atoms with Gasteiger partial charge in [0.15, 0.2) is 11.6 Å². The van der Waals surface area contributed by atoms with Crippen LogP contribution in [-0.4, -0.2) is 41.7 Å². The zero-order valence-corrected chi connectivity index (χ0v) is 21.7. The number of methoxy groups -OCH3 is 1. The molecule has 3 aliphatic heterocycles. The number of nitrogens with zero attached hydrogens (tertiary/aromatic N) is 2. The second-order valence-corrected chi connectivity index (χ2v) is 10.3. The van der Waals surface area contributed by atoms with E-state index >= 15 is 0 Å². The number of carbonyl (C=O) groups is 3. The Morgan fingerprint density at radius 1 is 0.925 bits per heavy atom. The lowest BCUT2D eigenvalue weighted by molar-refractivity contribution is -0.121. The molecule has 1 saturated heterocycles. The lowest BCUT2D eigenvalue weighted by atomic mass is 9.64. The van der Waals surface area contributed by atoms with E-state index < -0.39 is 23.4 Å². The van der Waals surface area contributed by atoms with Crippen molar-refractivity contribution < 1.29 is 19.1 Å². The first-order chi connectivity index (χ1) is 19.6. The number of amides is 1. The maximum Gasteiger partial charge on any atom is 0.238 e. The number of para-hydroxylation sites is 2. The predicted molar refractivity (Wildman–Crippen MR) is 152 cm³/mol. The van der Waals surface area contributed by atoms with Gasteiger partial charge in [-0.25, -0.2) is 0 Å². The summed E-state index contributed by atoms with van der Waals surface area (Å²) in [7, 11) is 1.55. The summed E-state index contributed by atoms with van der Waals surface area (Å²) in [5.41, 5.74) is 2.48. The minimum absolute atomic E-state index is 0.259. The first-order valence-electron chi connectivity index (χ1n) is 13.1. The number of hydrogen-bond acceptors (Lipinski definition) is 6. The van der Waals surface area contributed by atoms with Gasteiger partial charge in [-0.15, -0.1) is 0 Å². The zero-order valence-electron chi connectivity index (χ0n) is 21.7. The van der Waals surface area contributed by atoms with Gasteiger partial charge in [-0.1, -0.05) is 60.7 Å². The molecule has 4 aromatic rings. The Hall–Kier alpha value is -5.04. The highest BCUT2D eigenvalue weighted by atomic mass is 16.5. The van der Waals surface area contributed by atoms with Crippen LogP contribution in [0.3, 0.4) is 0 Å². The molecule has 7 heteroatoms. The van der Waals surface area contributed by atoms with E-state index in [4.69, 9.17) is 4.74 Å². The molecule has 0 radical (unpaired) electrons. The number of ketones is 2. The molecule has 7 rings (SSSR count). The molecule has 1 aromatic heterocycles. The van der Waals surface area contributed by atoms with Crippen molar-refractivity contribution in [3.8, 4) is 5.75 Å². The summed E-state index contributed by atoms with van der Waals surface area (Å²) in [6, 6.07) is 24.0. The largest absolute Gasteiger partial charge is 0.497 e. The van der Waals surface area contributed by atoms with Gasteiger partial charge < -0.3 is 15.0 Å². The highest BCUT2D eigenvalue weighted by Gasteiger charge is 2.70. The first kappa shape index (κ1) is 24.0. The topological polar surface area (TPSA) is 88.6 Å². The van der Waals surface area contributed by atoms with Crippen LogP contribution in [0.4, 0.5) is 11.4 Å². The average Bonchev–Trinajstić information content (AvgIpc) is 3.49. The number of aromatic nitrogens is 1. The number of nitrogens with one attached hydrogen (secondary N) is 1. The van der Waals surface area contributed by atoms with Crippen LogP contribution in [0.5, 0.6) is 5.75 Å².